The number of rotatable bonds is 8. The van der Waals surface area contributed by atoms with Crippen molar-refractivity contribution < 1.29 is 23.9 Å². The number of esters is 1. The normalized spacial score (nSPS) is 13.1. The van der Waals surface area contributed by atoms with Crippen molar-refractivity contribution in [1.82, 2.24) is 15.6 Å². The molecule has 8 nitrogen and oxygen atoms in total. The number of carbonyl (C=O) groups excluding carboxylic acids is 3. The lowest BCUT2D eigenvalue weighted by molar-refractivity contribution is -0.137. The van der Waals surface area contributed by atoms with Crippen LogP contribution in [0.1, 0.15) is 52.0 Å². The second-order valence-electron chi connectivity index (χ2n) is 7.00. The first-order chi connectivity index (χ1) is 12.6. The molecule has 2 amide bonds. The molecule has 0 aromatic carbocycles. The Bertz CT molecular complexity index is 688. The van der Waals surface area contributed by atoms with Gasteiger partial charge in [-0.3, -0.25) is 14.4 Å². The van der Waals surface area contributed by atoms with Crippen molar-refractivity contribution in [3.63, 3.8) is 0 Å². The van der Waals surface area contributed by atoms with Crippen molar-refractivity contribution in [1.29, 1.82) is 0 Å². The molecule has 0 aliphatic rings. The average Bonchev–Trinajstić information content (AvgIpc) is 2.61. The molecule has 1 heterocycles. The second kappa shape index (κ2) is 9.89. The minimum absolute atomic E-state index is 0.0330. The highest BCUT2D eigenvalue weighted by Gasteiger charge is 2.26. The maximum Gasteiger partial charge on any atom is 0.313 e. The highest BCUT2D eigenvalue weighted by atomic mass is 16.6. The minimum Gasteiger partial charge on any atom is -0.493 e. The second-order valence-corrected chi connectivity index (χ2v) is 7.00. The van der Waals surface area contributed by atoms with Crippen LogP contribution in [0.15, 0.2) is 12.3 Å². The zero-order valence-electron chi connectivity index (χ0n) is 17.0. The number of nitrogens with one attached hydrogen (secondary N) is 2. The summed E-state index contributed by atoms with van der Waals surface area (Å²) in [6, 6.07) is 0.662. The number of methoxy groups -OCH3 is 1. The quantitative estimate of drug-likeness (QED) is 0.669. The molecule has 1 rings (SSSR count). The number of hydrogen-bond donors (Lipinski definition) is 2. The van der Waals surface area contributed by atoms with E-state index < -0.39 is 23.8 Å². The van der Waals surface area contributed by atoms with Crippen LogP contribution in [0.3, 0.4) is 0 Å². The number of nitrogens with zero attached hydrogens (tertiary/aromatic N) is 1. The van der Waals surface area contributed by atoms with Crippen molar-refractivity contribution in [2.45, 2.75) is 53.6 Å². The number of ether oxygens (including phenoxy) is 2. The van der Waals surface area contributed by atoms with Crippen molar-refractivity contribution in [2.75, 3.05) is 7.11 Å². The summed E-state index contributed by atoms with van der Waals surface area (Å²) in [5, 5.41) is 5.41. The van der Waals surface area contributed by atoms with Crippen LogP contribution in [0.4, 0.5) is 0 Å². The van der Waals surface area contributed by atoms with Gasteiger partial charge in [0.25, 0.3) is 5.91 Å². The molecule has 1 aromatic rings. The van der Waals surface area contributed by atoms with Crippen LogP contribution in [0.5, 0.6) is 11.5 Å². The largest absolute Gasteiger partial charge is 0.493 e. The van der Waals surface area contributed by atoms with Crippen molar-refractivity contribution in [3.05, 3.63) is 18.0 Å². The third-order valence-corrected chi connectivity index (χ3v) is 4.09. The Labute approximate surface area is 160 Å². The van der Waals surface area contributed by atoms with E-state index in [-0.39, 0.29) is 35.1 Å². The average molecular weight is 379 g/mol. The SMILES string of the molecule is COc1ccnc(C(=O)N[C@@H](C)C(=O)NC(C)C(C)C)c1OC(=O)C(C)C. The molecule has 150 valence electrons. The lowest BCUT2D eigenvalue weighted by Crippen LogP contribution is -2.48. The van der Waals surface area contributed by atoms with E-state index in [1.54, 1.807) is 20.8 Å². The van der Waals surface area contributed by atoms with Gasteiger partial charge >= 0.3 is 5.97 Å². The van der Waals surface area contributed by atoms with Crippen LogP contribution in [-0.2, 0) is 9.59 Å². The number of amides is 2. The van der Waals surface area contributed by atoms with Crippen molar-refractivity contribution in [2.24, 2.45) is 11.8 Å². The predicted molar refractivity (Wildman–Crippen MR) is 101 cm³/mol. The molecular weight excluding hydrogens is 350 g/mol. The lowest BCUT2D eigenvalue weighted by atomic mass is 10.1. The fraction of sp³-hybridized carbons (Fsp3) is 0.579. The van der Waals surface area contributed by atoms with Crippen LogP contribution < -0.4 is 20.1 Å². The maximum atomic E-state index is 12.6. The monoisotopic (exact) mass is 379 g/mol. The molecule has 2 N–H and O–H groups in total. The fourth-order valence-electron chi connectivity index (χ4n) is 1.92. The molecule has 0 fully saturated rings. The van der Waals surface area contributed by atoms with Gasteiger partial charge in [-0.2, -0.15) is 0 Å². The zero-order valence-corrected chi connectivity index (χ0v) is 17.0. The maximum absolute atomic E-state index is 12.6. The molecule has 1 aromatic heterocycles. The summed E-state index contributed by atoms with van der Waals surface area (Å²) in [6.07, 6.45) is 1.37. The molecule has 8 heteroatoms. The molecule has 0 aliphatic heterocycles. The van der Waals surface area contributed by atoms with Gasteiger partial charge in [0.15, 0.2) is 11.4 Å². The number of pyridine rings is 1. The molecule has 0 radical (unpaired) electrons. The predicted octanol–water partition coefficient (Wildman–Crippen LogP) is 1.93. The van der Waals surface area contributed by atoms with Gasteiger partial charge < -0.3 is 20.1 Å². The minimum atomic E-state index is -0.791. The number of hydrogen-bond acceptors (Lipinski definition) is 6. The lowest BCUT2D eigenvalue weighted by Gasteiger charge is -2.21. The Balaban J connectivity index is 2.99. The topological polar surface area (TPSA) is 107 Å². The zero-order chi connectivity index (χ0) is 20.7. The van der Waals surface area contributed by atoms with Gasteiger partial charge in [0.1, 0.15) is 6.04 Å². The summed E-state index contributed by atoms with van der Waals surface area (Å²) in [5.74, 6) is -1.47. The number of aromatic nitrogens is 1. The molecular formula is C19H29N3O5. The van der Waals surface area contributed by atoms with E-state index in [9.17, 15) is 14.4 Å². The molecule has 0 bridgehead atoms. The first-order valence-corrected chi connectivity index (χ1v) is 8.94. The van der Waals surface area contributed by atoms with Gasteiger partial charge in [-0.1, -0.05) is 27.7 Å². The Morgan fingerprint density at radius 2 is 1.67 bits per heavy atom. The van der Waals surface area contributed by atoms with E-state index in [1.165, 1.54) is 19.4 Å². The molecule has 0 saturated heterocycles. The van der Waals surface area contributed by atoms with Gasteiger partial charge in [0.2, 0.25) is 11.7 Å². The van der Waals surface area contributed by atoms with Crippen molar-refractivity contribution in [3.8, 4) is 11.5 Å². The van der Waals surface area contributed by atoms with Crippen LogP contribution in [0.2, 0.25) is 0 Å². The molecule has 0 spiro atoms. The molecule has 0 aliphatic carbocycles. The summed E-state index contributed by atoms with van der Waals surface area (Å²) in [6.45, 7) is 10.8. The van der Waals surface area contributed by atoms with Crippen LogP contribution in [0.25, 0.3) is 0 Å². The number of carbonyl (C=O) groups is 3. The molecule has 2 atom stereocenters. The van der Waals surface area contributed by atoms with E-state index in [2.05, 4.69) is 15.6 Å². The van der Waals surface area contributed by atoms with Gasteiger partial charge in [-0.05, 0) is 19.8 Å². The van der Waals surface area contributed by atoms with Gasteiger partial charge in [-0.15, -0.1) is 0 Å². The standard InChI is InChI=1S/C19H29N3O5/c1-10(2)12(5)21-17(23)13(6)22-18(24)15-16(27-19(25)11(3)4)14(26-7)8-9-20-15/h8-13H,1-7H3,(H,21,23)(H,22,24)/t12?,13-/m0/s1. The van der Waals surface area contributed by atoms with E-state index in [0.29, 0.717) is 0 Å². The van der Waals surface area contributed by atoms with E-state index in [1.807, 2.05) is 20.8 Å². The van der Waals surface area contributed by atoms with Crippen LogP contribution in [-0.4, -0.2) is 42.0 Å². The van der Waals surface area contributed by atoms with E-state index >= 15 is 0 Å². The van der Waals surface area contributed by atoms with Crippen LogP contribution in [0, 0.1) is 11.8 Å². The molecule has 0 saturated carbocycles. The Kier molecular flexibility index (Phi) is 8.21. The van der Waals surface area contributed by atoms with Gasteiger partial charge in [-0.25, -0.2) is 4.98 Å². The highest BCUT2D eigenvalue weighted by molar-refractivity contribution is 5.99. The van der Waals surface area contributed by atoms with Gasteiger partial charge in [0, 0.05) is 18.3 Å². The summed E-state index contributed by atoms with van der Waals surface area (Å²) < 4.78 is 10.5. The highest BCUT2D eigenvalue weighted by Crippen LogP contribution is 2.30. The first kappa shape index (κ1) is 22.4. The van der Waals surface area contributed by atoms with E-state index in [4.69, 9.17) is 9.47 Å². The van der Waals surface area contributed by atoms with Crippen molar-refractivity contribution >= 4 is 17.8 Å². The first-order valence-electron chi connectivity index (χ1n) is 8.94. The smallest absolute Gasteiger partial charge is 0.313 e. The Morgan fingerprint density at radius 1 is 1.04 bits per heavy atom. The Hall–Kier alpha value is -2.64. The van der Waals surface area contributed by atoms with Crippen LogP contribution >= 0.6 is 0 Å². The third-order valence-electron chi connectivity index (χ3n) is 4.09. The summed E-state index contributed by atoms with van der Waals surface area (Å²) in [5.41, 5.74) is -0.125. The van der Waals surface area contributed by atoms with Gasteiger partial charge in [0.05, 0.1) is 13.0 Å². The molecule has 27 heavy (non-hydrogen) atoms. The summed E-state index contributed by atoms with van der Waals surface area (Å²) in [4.78, 5) is 40.8. The molecule has 1 unspecified atom stereocenters. The summed E-state index contributed by atoms with van der Waals surface area (Å²) in [7, 11) is 1.40. The fourth-order valence-corrected chi connectivity index (χ4v) is 1.92. The third kappa shape index (κ3) is 6.23. The Morgan fingerprint density at radius 3 is 2.19 bits per heavy atom. The summed E-state index contributed by atoms with van der Waals surface area (Å²) >= 11 is 0. The van der Waals surface area contributed by atoms with E-state index in [0.717, 1.165) is 0 Å².